The fourth-order valence-corrected chi connectivity index (χ4v) is 10.3. The van der Waals surface area contributed by atoms with E-state index < -0.39 is 6.10 Å². The number of ether oxygens (including phenoxy) is 3. The molecule has 0 saturated heterocycles. The van der Waals surface area contributed by atoms with Crippen molar-refractivity contribution in [1.82, 2.24) is 0 Å². The van der Waals surface area contributed by atoms with Crippen molar-refractivity contribution in [3.8, 4) is 0 Å². The van der Waals surface area contributed by atoms with Crippen LogP contribution in [0.25, 0.3) is 0 Å². The summed E-state index contributed by atoms with van der Waals surface area (Å²) in [5.74, 6) is -0.867. The number of carbonyl (C=O) groups excluding carboxylic acids is 3. The zero-order valence-corrected chi connectivity index (χ0v) is 52.9. The van der Waals surface area contributed by atoms with Gasteiger partial charge in [0.25, 0.3) is 0 Å². The SMILES string of the molecule is CC/C=C\C/C=C\C/C=C\C/C=C\CCCCCCCCCCCCC(=O)OC(COC(=O)CCCCCCC/C=C\CCCCC)COC(=O)CCCCCCCCCCCCCCCCCCCCCCCCCCCC. The van der Waals surface area contributed by atoms with E-state index in [1.54, 1.807) is 0 Å². The average molecular weight is 1110 g/mol. The van der Waals surface area contributed by atoms with Crippen LogP contribution in [0, 0.1) is 0 Å². The Labute approximate surface area is 491 Å². The molecule has 1 atom stereocenters. The molecule has 0 aliphatic carbocycles. The molecule has 0 heterocycles. The first kappa shape index (κ1) is 76.1. The molecular formula is C73H132O6. The van der Waals surface area contributed by atoms with Crippen LogP contribution < -0.4 is 0 Å². The highest BCUT2D eigenvalue weighted by molar-refractivity contribution is 5.71. The summed E-state index contributed by atoms with van der Waals surface area (Å²) in [6, 6.07) is 0. The van der Waals surface area contributed by atoms with Gasteiger partial charge in [0.05, 0.1) is 0 Å². The fourth-order valence-electron chi connectivity index (χ4n) is 10.3. The number of carbonyl (C=O) groups is 3. The van der Waals surface area contributed by atoms with Crippen LogP contribution in [0.2, 0.25) is 0 Å². The summed E-state index contributed by atoms with van der Waals surface area (Å²) in [6.45, 7) is 6.55. The first-order valence-corrected chi connectivity index (χ1v) is 34.8. The van der Waals surface area contributed by atoms with Gasteiger partial charge in [0.1, 0.15) is 13.2 Å². The van der Waals surface area contributed by atoms with E-state index in [0.29, 0.717) is 19.3 Å². The number of esters is 3. The topological polar surface area (TPSA) is 78.9 Å². The van der Waals surface area contributed by atoms with E-state index in [1.807, 2.05) is 0 Å². The largest absolute Gasteiger partial charge is 0.462 e. The molecule has 0 aliphatic heterocycles. The predicted molar refractivity (Wildman–Crippen MR) is 344 cm³/mol. The highest BCUT2D eigenvalue weighted by Gasteiger charge is 2.19. The Bertz CT molecular complexity index is 1410. The van der Waals surface area contributed by atoms with Gasteiger partial charge in [-0.2, -0.15) is 0 Å². The molecule has 460 valence electrons. The Morgan fingerprint density at radius 2 is 0.494 bits per heavy atom. The molecule has 0 aromatic rings. The van der Waals surface area contributed by atoms with Gasteiger partial charge in [0.2, 0.25) is 0 Å². The summed E-state index contributed by atoms with van der Waals surface area (Å²) in [4.78, 5) is 38.4. The molecule has 0 saturated carbocycles. The Morgan fingerprint density at radius 1 is 0.266 bits per heavy atom. The van der Waals surface area contributed by atoms with Crippen molar-refractivity contribution in [2.75, 3.05) is 13.2 Å². The molecule has 6 nitrogen and oxygen atoms in total. The monoisotopic (exact) mass is 1110 g/mol. The van der Waals surface area contributed by atoms with Crippen molar-refractivity contribution in [1.29, 1.82) is 0 Å². The third-order valence-electron chi connectivity index (χ3n) is 15.5. The second-order valence-corrected chi connectivity index (χ2v) is 23.4. The summed E-state index contributed by atoms with van der Waals surface area (Å²) in [7, 11) is 0. The Hall–Kier alpha value is -2.89. The maximum absolute atomic E-state index is 12.9. The van der Waals surface area contributed by atoms with Gasteiger partial charge in [-0.25, -0.2) is 0 Å². The van der Waals surface area contributed by atoms with E-state index in [9.17, 15) is 14.4 Å². The first-order chi connectivity index (χ1) is 39.0. The maximum atomic E-state index is 12.9. The lowest BCUT2D eigenvalue weighted by molar-refractivity contribution is -0.167. The maximum Gasteiger partial charge on any atom is 0.306 e. The molecule has 0 amide bonds. The Balaban J connectivity index is 4.22. The highest BCUT2D eigenvalue weighted by atomic mass is 16.6. The lowest BCUT2D eigenvalue weighted by Gasteiger charge is -2.18. The number of unbranched alkanes of at least 4 members (excludes halogenated alkanes) is 43. The molecule has 0 aromatic heterocycles. The molecule has 0 aliphatic rings. The van der Waals surface area contributed by atoms with Gasteiger partial charge in [0, 0.05) is 19.3 Å². The van der Waals surface area contributed by atoms with Gasteiger partial charge in [-0.1, -0.05) is 326 Å². The highest BCUT2D eigenvalue weighted by Crippen LogP contribution is 2.18. The average Bonchev–Trinajstić information content (AvgIpc) is 3.45. The number of rotatable bonds is 64. The molecule has 0 rings (SSSR count). The molecule has 0 bridgehead atoms. The quantitative estimate of drug-likeness (QED) is 0.0261. The summed E-state index contributed by atoms with van der Waals surface area (Å²) in [6.07, 6.45) is 86.8. The van der Waals surface area contributed by atoms with Gasteiger partial charge in [-0.15, -0.1) is 0 Å². The van der Waals surface area contributed by atoms with Crippen molar-refractivity contribution in [3.05, 3.63) is 60.8 Å². The van der Waals surface area contributed by atoms with E-state index in [0.717, 1.165) is 89.9 Å². The zero-order chi connectivity index (χ0) is 57.1. The second kappa shape index (κ2) is 67.6. The van der Waals surface area contributed by atoms with Crippen molar-refractivity contribution < 1.29 is 28.6 Å². The number of hydrogen-bond donors (Lipinski definition) is 0. The summed E-state index contributed by atoms with van der Waals surface area (Å²) >= 11 is 0. The molecule has 1 unspecified atom stereocenters. The van der Waals surface area contributed by atoms with Gasteiger partial charge >= 0.3 is 17.9 Å². The van der Waals surface area contributed by atoms with Gasteiger partial charge in [-0.3, -0.25) is 14.4 Å². The molecular weight excluding hydrogens is 973 g/mol. The predicted octanol–water partition coefficient (Wildman–Crippen LogP) is 23.9. The van der Waals surface area contributed by atoms with Crippen LogP contribution >= 0.6 is 0 Å². The molecule has 79 heavy (non-hydrogen) atoms. The van der Waals surface area contributed by atoms with Crippen LogP contribution in [-0.2, 0) is 28.6 Å². The molecule has 0 fully saturated rings. The number of hydrogen-bond acceptors (Lipinski definition) is 6. The van der Waals surface area contributed by atoms with Crippen molar-refractivity contribution in [2.45, 2.75) is 374 Å². The van der Waals surface area contributed by atoms with Crippen LogP contribution in [0.3, 0.4) is 0 Å². The molecule has 0 N–H and O–H groups in total. The van der Waals surface area contributed by atoms with Crippen LogP contribution in [-0.4, -0.2) is 37.2 Å². The van der Waals surface area contributed by atoms with Crippen LogP contribution in [0.5, 0.6) is 0 Å². The van der Waals surface area contributed by atoms with E-state index in [-0.39, 0.29) is 31.1 Å². The van der Waals surface area contributed by atoms with E-state index in [2.05, 4.69) is 81.5 Å². The number of allylic oxidation sites excluding steroid dienone is 10. The molecule has 0 aromatic carbocycles. The fraction of sp³-hybridized carbons (Fsp3) is 0.822. The smallest absolute Gasteiger partial charge is 0.306 e. The minimum atomic E-state index is -0.779. The van der Waals surface area contributed by atoms with E-state index in [4.69, 9.17) is 14.2 Å². The van der Waals surface area contributed by atoms with E-state index in [1.165, 1.54) is 238 Å². The van der Waals surface area contributed by atoms with Gasteiger partial charge in [-0.05, 0) is 83.5 Å². The Morgan fingerprint density at radius 3 is 0.810 bits per heavy atom. The van der Waals surface area contributed by atoms with Crippen molar-refractivity contribution in [2.24, 2.45) is 0 Å². The summed E-state index contributed by atoms with van der Waals surface area (Å²) in [5, 5.41) is 0. The molecule has 0 radical (unpaired) electrons. The second-order valence-electron chi connectivity index (χ2n) is 23.4. The van der Waals surface area contributed by atoms with Gasteiger partial charge in [0.15, 0.2) is 6.10 Å². The third-order valence-corrected chi connectivity index (χ3v) is 15.5. The van der Waals surface area contributed by atoms with Gasteiger partial charge < -0.3 is 14.2 Å². The summed E-state index contributed by atoms with van der Waals surface area (Å²) in [5.41, 5.74) is 0. The lowest BCUT2D eigenvalue weighted by Crippen LogP contribution is -2.30. The van der Waals surface area contributed by atoms with Crippen LogP contribution in [0.4, 0.5) is 0 Å². The minimum absolute atomic E-state index is 0.0746. The van der Waals surface area contributed by atoms with Crippen LogP contribution in [0.15, 0.2) is 60.8 Å². The third kappa shape index (κ3) is 65.8. The zero-order valence-electron chi connectivity index (χ0n) is 52.9. The normalized spacial score (nSPS) is 12.4. The van der Waals surface area contributed by atoms with Crippen molar-refractivity contribution in [3.63, 3.8) is 0 Å². The molecule has 6 heteroatoms. The summed E-state index contributed by atoms with van der Waals surface area (Å²) < 4.78 is 17.0. The standard InChI is InChI=1S/C73H132O6/c1-4-7-10-13-16-19-22-25-27-29-31-33-35-36-37-39-40-42-44-46-48-51-54-57-60-63-66-72(75)78-69-70(68-77-71(74)65-62-59-56-53-50-24-21-18-15-12-9-6-3)79-73(76)67-64-61-58-55-52-49-47-45-43-41-38-34-32-30-28-26-23-20-17-14-11-8-5-2/h8,11,17-18,20-21,26,28,32,34,70H,4-7,9-10,12-16,19,22-25,27,29-31,33,35-69H2,1-3H3/b11-8-,20-17-,21-18-,28-26-,34-32-. The van der Waals surface area contributed by atoms with Crippen LogP contribution in [0.1, 0.15) is 367 Å². The van der Waals surface area contributed by atoms with E-state index >= 15 is 0 Å². The minimum Gasteiger partial charge on any atom is -0.462 e. The molecule has 0 spiro atoms. The Kier molecular flexibility index (Phi) is 65.1. The lowest BCUT2D eigenvalue weighted by atomic mass is 10.0. The van der Waals surface area contributed by atoms with Crippen molar-refractivity contribution >= 4 is 17.9 Å². The first-order valence-electron chi connectivity index (χ1n) is 34.8.